The van der Waals surface area contributed by atoms with Gasteiger partial charge in [0, 0.05) is 19.6 Å². The third kappa shape index (κ3) is 2.96. The monoisotopic (exact) mass is 182 g/mol. The molecule has 1 N–H and O–H groups in total. The van der Waals surface area contributed by atoms with Crippen LogP contribution in [0, 0.1) is 5.92 Å². The summed E-state index contributed by atoms with van der Waals surface area (Å²) in [5, 5.41) is 3.46. The molecule has 1 saturated heterocycles. The van der Waals surface area contributed by atoms with Gasteiger partial charge in [-0.05, 0) is 38.3 Å². The Hall–Kier alpha value is -0.0800. The van der Waals surface area contributed by atoms with E-state index in [4.69, 9.17) is 0 Å². The van der Waals surface area contributed by atoms with Gasteiger partial charge in [-0.25, -0.2) is 0 Å². The van der Waals surface area contributed by atoms with Crippen LogP contribution in [-0.2, 0) is 0 Å². The highest BCUT2D eigenvalue weighted by Gasteiger charge is 2.18. The summed E-state index contributed by atoms with van der Waals surface area (Å²) in [7, 11) is 0. The van der Waals surface area contributed by atoms with Crippen molar-refractivity contribution in [3.63, 3.8) is 0 Å². The van der Waals surface area contributed by atoms with E-state index in [2.05, 4.69) is 10.2 Å². The van der Waals surface area contributed by atoms with Crippen LogP contribution in [0.1, 0.15) is 32.1 Å². The van der Waals surface area contributed by atoms with Gasteiger partial charge in [-0.15, -0.1) is 0 Å². The zero-order chi connectivity index (χ0) is 8.93. The number of nitrogens with one attached hydrogen (secondary N) is 1. The maximum atomic E-state index is 3.46. The Balaban J connectivity index is 1.71. The van der Waals surface area contributed by atoms with Gasteiger partial charge in [0.2, 0.25) is 0 Å². The molecule has 0 aromatic heterocycles. The molecule has 0 radical (unpaired) electrons. The summed E-state index contributed by atoms with van der Waals surface area (Å²) >= 11 is 0. The SMILES string of the molecule is C1CCC(CN2CCCNCC2)C1. The third-order valence-electron chi connectivity index (χ3n) is 3.42. The van der Waals surface area contributed by atoms with E-state index in [1.54, 1.807) is 0 Å². The van der Waals surface area contributed by atoms with Gasteiger partial charge in [0.25, 0.3) is 0 Å². The molecule has 0 aromatic carbocycles. The van der Waals surface area contributed by atoms with Crippen molar-refractivity contribution < 1.29 is 0 Å². The fraction of sp³-hybridized carbons (Fsp3) is 1.00. The average molecular weight is 182 g/mol. The molecule has 13 heavy (non-hydrogen) atoms. The van der Waals surface area contributed by atoms with Crippen molar-refractivity contribution in [2.45, 2.75) is 32.1 Å². The van der Waals surface area contributed by atoms with Crippen LogP contribution in [0.15, 0.2) is 0 Å². The minimum Gasteiger partial charge on any atom is -0.315 e. The number of rotatable bonds is 2. The summed E-state index contributed by atoms with van der Waals surface area (Å²) in [6, 6.07) is 0. The molecule has 2 aliphatic rings. The highest BCUT2D eigenvalue weighted by Crippen LogP contribution is 2.25. The highest BCUT2D eigenvalue weighted by atomic mass is 15.2. The van der Waals surface area contributed by atoms with E-state index in [9.17, 15) is 0 Å². The van der Waals surface area contributed by atoms with Gasteiger partial charge in [-0.2, -0.15) is 0 Å². The van der Waals surface area contributed by atoms with E-state index in [1.165, 1.54) is 64.8 Å². The van der Waals surface area contributed by atoms with E-state index in [1.807, 2.05) is 0 Å². The first kappa shape index (κ1) is 9.47. The Bertz CT molecular complexity index is 133. The third-order valence-corrected chi connectivity index (χ3v) is 3.42. The summed E-state index contributed by atoms with van der Waals surface area (Å²) in [6.07, 6.45) is 7.29. The fourth-order valence-electron chi connectivity index (χ4n) is 2.64. The van der Waals surface area contributed by atoms with E-state index in [0.717, 1.165) is 5.92 Å². The smallest absolute Gasteiger partial charge is 0.0107 e. The standard InChI is InChI=1S/C11H22N2/c1-2-5-11(4-1)10-13-8-3-6-12-7-9-13/h11-12H,1-10H2. The molecule has 1 aliphatic carbocycles. The molecule has 1 heterocycles. The lowest BCUT2D eigenvalue weighted by Gasteiger charge is -2.22. The lowest BCUT2D eigenvalue weighted by molar-refractivity contribution is 0.246. The van der Waals surface area contributed by atoms with Crippen molar-refractivity contribution in [2.75, 3.05) is 32.7 Å². The summed E-state index contributed by atoms with van der Waals surface area (Å²) in [4.78, 5) is 2.66. The Labute approximate surface area is 81.7 Å². The quantitative estimate of drug-likeness (QED) is 0.696. The van der Waals surface area contributed by atoms with Crippen molar-refractivity contribution in [3.8, 4) is 0 Å². The Morgan fingerprint density at radius 3 is 2.69 bits per heavy atom. The van der Waals surface area contributed by atoms with Crippen LogP contribution in [0.5, 0.6) is 0 Å². The van der Waals surface area contributed by atoms with Crippen LogP contribution in [0.25, 0.3) is 0 Å². The van der Waals surface area contributed by atoms with Crippen LogP contribution in [0.4, 0.5) is 0 Å². The largest absolute Gasteiger partial charge is 0.315 e. The number of hydrogen-bond donors (Lipinski definition) is 1. The number of nitrogens with zero attached hydrogens (tertiary/aromatic N) is 1. The molecule has 0 bridgehead atoms. The van der Waals surface area contributed by atoms with Gasteiger partial charge in [0.1, 0.15) is 0 Å². The highest BCUT2D eigenvalue weighted by molar-refractivity contribution is 4.73. The van der Waals surface area contributed by atoms with Gasteiger partial charge in [0.15, 0.2) is 0 Å². The molecular weight excluding hydrogens is 160 g/mol. The second kappa shape index (κ2) is 4.97. The predicted molar refractivity (Wildman–Crippen MR) is 55.9 cm³/mol. The van der Waals surface area contributed by atoms with Crippen molar-refractivity contribution in [2.24, 2.45) is 5.92 Å². The maximum absolute atomic E-state index is 3.46. The van der Waals surface area contributed by atoms with Crippen molar-refractivity contribution in [1.82, 2.24) is 10.2 Å². The van der Waals surface area contributed by atoms with E-state index >= 15 is 0 Å². The first-order chi connectivity index (χ1) is 6.45. The molecule has 0 spiro atoms. The zero-order valence-electron chi connectivity index (χ0n) is 8.60. The first-order valence-corrected chi connectivity index (χ1v) is 5.88. The van der Waals surface area contributed by atoms with Crippen molar-refractivity contribution >= 4 is 0 Å². The Kier molecular flexibility index (Phi) is 3.62. The van der Waals surface area contributed by atoms with Gasteiger partial charge >= 0.3 is 0 Å². The molecule has 0 unspecified atom stereocenters. The Morgan fingerprint density at radius 2 is 1.85 bits per heavy atom. The molecule has 2 nitrogen and oxygen atoms in total. The molecule has 0 aromatic rings. The van der Waals surface area contributed by atoms with Gasteiger partial charge in [-0.1, -0.05) is 12.8 Å². The second-order valence-electron chi connectivity index (χ2n) is 4.55. The summed E-state index contributed by atoms with van der Waals surface area (Å²) in [5.74, 6) is 1.03. The predicted octanol–water partition coefficient (Wildman–Crippen LogP) is 1.47. The fourth-order valence-corrected chi connectivity index (χ4v) is 2.64. The first-order valence-electron chi connectivity index (χ1n) is 5.88. The van der Waals surface area contributed by atoms with Crippen LogP contribution in [-0.4, -0.2) is 37.6 Å². The van der Waals surface area contributed by atoms with Crippen LogP contribution >= 0.6 is 0 Å². The van der Waals surface area contributed by atoms with E-state index in [0.29, 0.717) is 0 Å². The van der Waals surface area contributed by atoms with Gasteiger partial charge in [-0.3, -0.25) is 0 Å². The maximum Gasteiger partial charge on any atom is 0.0107 e. The van der Waals surface area contributed by atoms with Crippen LogP contribution in [0.3, 0.4) is 0 Å². The summed E-state index contributed by atoms with van der Waals surface area (Å²) < 4.78 is 0. The molecule has 1 aliphatic heterocycles. The normalized spacial score (nSPS) is 27.7. The minimum atomic E-state index is 1.03. The van der Waals surface area contributed by atoms with E-state index in [-0.39, 0.29) is 0 Å². The molecule has 2 fully saturated rings. The van der Waals surface area contributed by atoms with E-state index < -0.39 is 0 Å². The van der Waals surface area contributed by atoms with Gasteiger partial charge < -0.3 is 10.2 Å². The lowest BCUT2D eigenvalue weighted by Crippen LogP contribution is -2.32. The van der Waals surface area contributed by atoms with Gasteiger partial charge in [0.05, 0.1) is 0 Å². The molecule has 2 rings (SSSR count). The summed E-state index contributed by atoms with van der Waals surface area (Å²) in [6.45, 7) is 6.40. The number of hydrogen-bond acceptors (Lipinski definition) is 2. The zero-order valence-corrected chi connectivity index (χ0v) is 8.60. The van der Waals surface area contributed by atoms with Crippen molar-refractivity contribution in [3.05, 3.63) is 0 Å². The average Bonchev–Trinajstić information content (AvgIpc) is 2.49. The molecule has 2 heteroatoms. The second-order valence-corrected chi connectivity index (χ2v) is 4.55. The molecule has 1 saturated carbocycles. The van der Waals surface area contributed by atoms with Crippen molar-refractivity contribution in [1.29, 1.82) is 0 Å². The van der Waals surface area contributed by atoms with Crippen LogP contribution in [0.2, 0.25) is 0 Å². The molecular formula is C11H22N2. The minimum absolute atomic E-state index is 1.03. The molecule has 0 amide bonds. The molecule has 76 valence electrons. The molecule has 0 atom stereocenters. The Morgan fingerprint density at radius 1 is 1.00 bits per heavy atom. The van der Waals surface area contributed by atoms with Crippen LogP contribution < -0.4 is 5.32 Å². The lowest BCUT2D eigenvalue weighted by atomic mass is 10.1. The summed E-state index contributed by atoms with van der Waals surface area (Å²) in [5.41, 5.74) is 0. The topological polar surface area (TPSA) is 15.3 Å².